The summed E-state index contributed by atoms with van der Waals surface area (Å²) in [6, 6.07) is -3.37. The van der Waals surface area contributed by atoms with E-state index in [-0.39, 0.29) is 45.1 Å². The summed E-state index contributed by atoms with van der Waals surface area (Å²) < 4.78 is 0. The molecule has 0 radical (unpaired) electrons. The lowest BCUT2D eigenvalue weighted by atomic mass is 9.73. The number of hydrogen-bond donors (Lipinski definition) is 4. The average molecular weight is 728 g/mol. The van der Waals surface area contributed by atoms with E-state index in [9.17, 15) is 24.0 Å². The fourth-order valence-electron chi connectivity index (χ4n) is 10.2. The molecule has 5 fully saturated rings. The van der Waals surface area contributed by atoms with Crippen LogP contribution in [0.15, 0.2) is 0 Å². The van der Waals surface area contributed by atoms with Crippen LogP contribution in [0.1, 0.15) is 121 Å². The van der Waals surface area contributed by atoms with Gasteiger partial charge < -0.3 is 26.6 Å². The number of Topliss-reactive ketones (excluding diaryl/α,β-unsaturated/α-hetero) is 1. The largest absolute Gasteiger partial charge is 0.363 e. The van der Waals surface area contributed by atoms with E-state index in [1.54, 1.807) is 4.90 Å². The molecule has 0 aromatic heterocycles. The number of amides is 5. The molecule has 0 aromatic carbocycles. The number of ketones is 1. The third-order valence-corrected chi connectivity index (χ3v) is 14.6. The van der Waals surface area contributed by atoms with E-state index in [1.807, 2.05) is 20.8 Å². The van der Waals surface area contributed by atoms with Crippen LogP contribution < -0.4 is 21.7 Å². The Morgan fingerprint density at radius 1 is 0.827 bits per heavy atom. The lowest BCUT2D eigenvalue weighted by Crippen LogP contribution is -2.63. The predicted octanol–water partition coefficient (Wildman–Crippen LogP) is 3.67. The van der Waals surface area contributed by atoms with Gasteiger partial charge in [0.15, 0.2) is 0 Å². The van der Waals surface area contributed by atoms with Crippen LogP contribution in [0.2, 0.25) is 0 Å². The van der Waals surface area contributed by atoms with Crippen LogP contribution in [0, 0.1) is 33.0 Å². The molecule has 5 amide bonds. The quantitative estimate of drug-likeness (QED) is 0.237. The van der Waals surface area contributed by atoms with E-state index in [0.29, 0.717) is 25.9 Å². The second kappa shape index (κ2) is 13.8. The third kappa shape index (κ3) is 7.23. The molecule has 5 atom stereocenters. The number of nitrogens with two attached hydrogens (primary N) is 1. The molecule has 2 saturated heterocycles. The highest BCUT2D eigenvalue weighted by atomic mass is 16.2. The molecule has 5 aliphatic rings. The molecule has 2 spiro atoms. The predicted molar refractivity (Wildman–Crippen MR) is 202 cm³/mol. The summed E-state index contributed by atoms with van der Waals surface area (Å²) in [7, 11) is 2.15. The van der Waals surface area contributed by atoms with Crippen LogP contribution in [0.4, 0.5) is 4.79 Å². The summed E-state index contributed by atoms with van der Waals surface area (Å²) >= 11 is 0. The molecule has 12 heteroatoms. The SMILES string of the molecule is CN1CCN(C[C@@H](NC(=O)N[C@H](C(=O)N2C[C@]3(C[C@H]2C(=O)NC(CC2CCC2)C(=O)C(N)=O)C(C)(C)C32CCC2)C(C)(C)C)C(C)(C)C)CC1(C)C. The normalized spacial score (nSPS) is 28.7. The van der Waals surface area contributed by atoms with Gasteiger partial charge in [0.2, 0.25) is 17.6 Å². The Kier molecular flexibility index (Phi) is 10.8. The Morgan fingerprint density at radius 3 is 1.92 bits per heavy atom. The Bertz CT molecular complexity index is 1420. The molecule has 3 saturated carbocycles. The van der Waals surface area contributed by atoms with Gasteiger partial charge in [-0.15, -0.1) is 0 Å². The second-order valence-corrected chi connectivity index (χ2v) is 20.5. The topological polar surface area (TPSA) is 157 Å². The maximum atomic E-state index is 14.9. The molecular formula is C40H69N7O5. The van der Waals surface area contributed by atoms with Gasteiger partial charge in [0, 0.05) is 49.7 Å². The highest BCUT2D eigenvalue weighted by Crippen LogP contribution is 2.88. The van der Waals surface area contributed by atoms with E-state index in [4.69, 9.17) is 5.73 Å². The van der Waals surface area contributed by atoms with Gasteiger partial charge in [0.1, 0.15) is 12.1 Å². The standard InChI is InChI=1S/C40H69N7O5/c1-35(2,3)28(22-46-19-18-45(11)37(7,8)23-46)43-34(52)44-30(36(4,5)6)33(51)47-24-40(38(9,10)39(40)16-13-17-39)21-27(47)32(50)42-26(29(48)31(41)49)20-25-14-12-15-25/h25-28,30H,12-24H2,1-11H3,(H2,41,49)(H,42,50)(H2,43,44,52)/t26?,27-,28+,30+,40+/m0/s1. The van der Waals surface area contributed by atoms with Crippen molar-refractivity contribution in [1.82, 2.24) is 30.7 Å². The first-order chi connectivity index (χ1) is 23.9. The minimum absolute atomic E-state index is 0.0150. The number of likely N-dealkylation sites (N-methyl/N-ethyl adjacent to an activating group) is 1. The van der Waals surface area contributed by atoms with Crippen molar-refractivity contribution in [2.75, 3.05) is 39.8 Å². The van der Waals surface area contributed by atoms with Crippen molar-refractivity contribution in [3.8, 4) is 0 Å². The summed E-state index contributed by atoms with van der Waals surface area (Å²) in [6.07, 6.45) is 7.02. The molecule has 0 aromatic rings. The second-order valence-electron chi connectivity index (χ2n) is 20.5. The Labute approximate surface area is 312 Å². The van der Waals surface area contributed by atoms with Gasteiger partial charge in [0.25, 0.3) is 5.91 Å². The monoisotopic (exact) mass is 728 g/mol. The number of fused-ring (bicyclic) bond motifs is 1. The van der Waals surface area contributed by atoms with E-state index >= 15 is 0 Å². The molecule has 0 bridgehead atoms. The molecule has 12 nitrogen and oxygen atoms in total. The average Bonchev–Trinajstić information content (AvgIpc) is 3.19. The fourth-order valence-corrected chi connectivity index (χ4v) is 10.2. The van der Waals surface area contributed by atoms with Crippen molar-refractivity contribution >= 4 is 29.5 Å². The minimum Gasteiger partial charge on any atom is -0.363 e. The van der Waals surface area contributed by atoms with Crippen LogP contribution >= 0.6 is 0 Å². The van der Waals surface area contributed by atoms with Crippen molar-refractivity contribution in [2.24, 2.45) is 38.7 Å². The summed E-state index contributed by atoms with van der Waals surface area (Å²) in [6.45, 7) is 25.0. The first kappa shape index (κ1) is 40.5. The highest BCUT2D eigenvalue weighted by molar-refractivity contribution is 6.37. The number of nitrogens with one attached hydrogen (secondary N) is 3. The number of carbonyl (C=O) groups is 5. The zero-order valence-corrected chi connectivity index (χ0v) is 34.0. The minimum atomic E-state index is -1.06. The summed E-state index contributed by atoms with van der Waals surface area (Å²) in [5.41, 5.74) is 4.27. The van der Waals surface area contributed by atoms with E-state index < -0.39 is 47.2 Å². The molecular weight excluding hydrogens is 658 g/mol. The van der Waals surface area contributed by atoms with E-state index in [2.05, 4.69) is 81.3 Å². The van der Waals surface area contributed by atoms with Crippen LogP contribution in [-0.2, 0) is 19.2 Å². The van der Waals surface area contributed by atoms with Crippen LogP contribution in [0.25, 0.3) is 0 Å². The van der Waals surface area contributed by atoms with Crippen molar-refractivity contribution in [3.05, 3.63) is 0 Å². The molecule has 2 aliphatic heterocycles. The van der Waals surface area contributed by atoms with Gasteiger partial charge in [-0.1, -0.05) is 81.1 Å². The number of primary amides is 1. The smallest absolute Gasteiger partial charge is 0.315 e. The van der Waals surface area contributed by atoms with Gasteiger partial charge in [-0.2, -0.15) is 0 Å². The maximum absolute atomic E-state index is 14.9. The summed E-state index contributed by atoms with van der Waals surface area (Å²) in [5, 5.41) is 9.21. The summed E-state index contributed by atoms with van der Waals surface area (Å²) in [4.78, 5) is 74.6. The van der Waals surface area contributed by atoms with E-state index in [0.717, 1.165) is 58.2 Å². The molecule has 2 heterocycles. The van der Waals surface area contributed by atoms with Crippen LogP contribution in [0.5, 0.6) is 0 Å². The molecule has 5 N–H and O–H groups in total. The molecule has 52 heavy (non-hydrogen) atoms. The first-order valence-corrected chi connectivity index (χ1v) is 19.8. The molecule has 294 valence electrons. The van der Waals surface area contributed by atoms with Gasteiger partial charge in [-0.05, 0) is 74.2 Å². The molecule has 1 unspecified atom stereocenters. The van der Waals surface area contributed by atoms with E-state index in [1.165, 1.54) is 0 Å². The van der Waals surface area contributed by atoms with Gasteiger partial charge >= 0.3 is 6.03 Å². The van der Waals surface area contributed by atoms with Gasteiger partial charge in [-0.3, -0.25) is 29.0 Å². The summed E-state index contributed by atoms with van der Waals surface area (Å²) in [5.74, 6) is -2.35. The molecule has 3 aliphatic carbocycles. The Morgan fingerprint density at radius 2 is 1.46 bits per heavy atom. The Hall–Kier alpha value is -2.73. The lowest BCUT2D eigenvalue weighted by Gasteiger charge is -2.47. The number of rotatable bonds is 11. The Balaban J connectivity index is 1.37. The van der Waals surface area contributed by atoms with Crippen molar-refractivity contribution in [3.63, 3.8) is 0 Å². The van der Waals surface area contributed by atoms with Crippen molar-refractivity contribution in [2.45, 2.75) is 150 Å². The lowest BCUT2D eigenvalue weighted by molar-refractivity contribution is -0.143. The number of likely N-dealkylation sites (tertiary alicyclic amines) is 1. The van der Waals surface area contributed by atoms with Gasteiger partial charge in [0.05, 0.1) is 6.04 Å². The number of urea groups is 1. The first-order valence-electron chi connectivity index (χ1n) is 19.8. The molecule has 5 rings (SSSR count). The zero-order chi connectivity index (χ0) is 38.8. The van der Waals surface area contributed by atoms with Crippen LogP contribution in [0.3, 0.4) is 0 Å². The third-order valence-electron chi connectivity index (χ3n) is 14.6. The fraction of sp³-hybridized carbons (Fsp3) is 0.875. The number of hydrogen-bond acceptors (Lipinski definition) is 7. The van der Waals surface area contributed by atoms with Crippen molar-refractivity contribution < 1.29 is 24.0 Å². The maximum Gasteiger partial charge on any atom is 0.315 e. The van der Waals surface area contributed by atoms with Crippen LogP contribution in [-0.4, -0.2) is 114 Å². The van der Waals surface area contributed by atoms with Gasteiger partial charge in [-0.25, -0.2) is 4.79 Å². The highest BCUT2D eigenvalue weighted by Gasteiger charge is 2.85. The van der Waals surface area contributed by atoms with Crippen molar-refractivity contribution in [1.29, 1.82) is 0 Å². The number of piperazine rings is 1. The number of nitrogens with zero attached hydrogens (tertiary/aromatic N) is 3. The number of carbonyl (C=O) groups excluding carboxylic acids is 5. The zero-order valence-electron chi connectivity index (χ0n) is 34.0.